The minimum atomic E-state index is -0.279. The average Bonchev–Trinajstić information content (AvgIpc) is 2.18. The van der Waals surface area contributed by atoms with Gasteiger partial charge in [-0.3, -0.25) is 4.79 Å². The Morgan fingerprint density at radius 1 is 1.50 bits per heavy atom. The molecule has 0 radical (unpaired) electrons. The molecule has 76 valence electrons. The Hall–Kier alpha value is -0.870. The van der Waals surface area contributed by atoms with Gasteiger partial charge in [-0.2, -0.15) is 5.48 Å². The van der Waals surface area contributed by atoms with Gasteiger partial charge >= 0.3 is 5.97 Å². The topological polar surface area (TPSA) is 38.3 Å². The minimum absolute atomic E-state index is 0.272. The fourth-order valence-electron chi connectivity index (χ4n) is 0.986. The molecular weight excluding hydrogens is 246 g/mol. The summed E-state index contributed by atoms with van der Waals surface area (Å²) < 4.78 is 0.924. The zero-order valence-electron chi connectivity index (χ0n) is 7.92. The van der Waals surface area contributed by atoms with Crippen molar-refractivity contribution in [3.8, 4) is 0 Å². The summed E-state index contributed by atoms with van der Waals surface area (Å²) in [6, 6.07) is 7.58. The van der Waals surface area contributed by atoms with E-state index in [4.69, 9.17) is 4.84 Å². The van der Waals surface area contributed by atoms with E-state index in [-0.39, 0.29) is 12.4 Å². The van der Waals surface area contributed by atoms with Crippen LogP contribution in [0.2, 0.25) is 0 Å². The smallest absolute Gasteiger partial charge is 0.329 e. The van der Waals surface area contributed by atoms with E-state index in [9.17, 15) is 4.79 Å². The summed E-state index contributed by atoms with van der Waals surface area (Å²) in [4.78, 5) is 16.0. The number of rotatable bonds is 4. The van der Waals surface area contributed by atoms with E-state index < -0.39 is 0 Å². The van der Waals surface area contributed by atoms with Crippen LogP contribution in [0.15, 0.2) is 28.7 Å². The summed E-state index contributed by atoms with van der Waals surface area (Å²) in [5.41, 5.74) is 3.45. The fraction of sp³-hybridized carbons (Fsp3) is 0.300. The normalized spacial score (nSPS) is 9.86. The molecule has 1 aromatic carbocycles. The molecule has 0 spiro atoms. The maximum absolute atomic E-state index is 11.2. The molecule has 14 heavy (non-hydrogen) atoms. The molecule has 0 atom stereocenters. The number of hydrogen-bond acceptors (Lipinski definition) is 3. The number of carbonyl (C=O) groups excluding carboxylic acids is 1. The van der Waals surface area contributed by atoms with Crippen LogP contribution in [0, 0.1) is 0 Å². The number of carbonyl (C=O) groups is 1. The van der Waals surface area contributed by atoms with Crippen LogP contribution in [0.4, 0.5) is 0 Å². The van der Waals surface area contributed by atoms with E-state index in [2.05, 4.69) is 21.4 Å². The molecule has 1 N–H and O–H groups in total. The molecule has 0 aliphatic heterocycles. The van der Waals surface area contributed by atoms with Crippen LogP contribution in [-0.2, 0) is 16.1 Å². The van der Waals surface area contributed by atoms with Crippen LogP contribution in [0.25, 0.3) is 0 Å². The highest BCUT2D eigenvalue weighted by Gasteiger charge is 2.06. The number of benzene rings is 1. The molecule has 4 heteroatoms. The van der Waals surface area contributed by atoms with Crippen molar-refractivity contribution in [2.75, 3.05) is 6.54 Å². The van der Waals surface area contributed by atoms with Gasteiger partial charge in [0.1, 0.15) is 0 Å². The third-order valence-electron chi connectivity index (χ3n) is 1.62. The standard InChI is InChI=1S/C10H12BrNO2/c1-2-12-14-10(13)7-8-5-3-4-6-9(8)11/h3-6,12H,2,7H2,1H3. The predicted molar refractivity (Wildman–Crippen MR) is 57.6 cm³/mol. The van der Waals surface area contributed by atoms with Crippen molar-refractivity contribution in [2.24, 2.45) is 0 Å². The van der Waals surface area contributed by atoms with Gasteiger partial charge in [0.05, 0.1) is 6.42 Å². The lowest BCUT2D eigenvalue weighted by Gasteiger charge is -2.04. The number of hydroxylamine groups is 1. The Bertz CT molecular complexity index is 315. The molecule has 0 unspecified atom stereocenters. The van der Waals surface area contributed by atoms with Gasteiger partial charge in [0.15, 0.2) is 0 Å². The molecule has 0 fully saturated rings. The van der Waals surface area contributed by atoms with Crippen molar-refractivity contribution in [1.29, 1.82) is 0 Å². The van der Waals surface area contributed by atoms with Gasteiger partial charge in [-0.1, -0.05) is 34.1 Å². The van der Waals surface area contributed by atoms with Crippen LogP contribution < -0.4 is 5.48 Å². The van der Waals surface area contributed by atoms with Crippen molar-refractivity contribution in [1.82, 2.24) is 5.48 Å². The molecule has 1 rings (SSSR count). The maximum atomic E-state index is 11.2. The Labute approximate surface area is 91.5 Å². The SMILES string of the molecule is CCNOC(=O)Cc1ccccc1Br. The van der Waals surface area contributed by atoms with Gasteiger partial charge < -0.3 is 4.84 Å². The van der Waals surface area contributed by atoms with Crippen molar-refractivity contribution in [2.45, 2.75) is 13.3 Å². The molecule has 0 amide bonds. The zero-order valence-corrected chi connectivity index (χ0v) is 9.50. The summed E-state index contributed by atoms with van der Waals surface area (Å²) in [6.07, 6.45) is 0.272. The second-order valence-corrected chi connectivity index (χ2v) is 3.59. The largest absolute Gasteiger partial charge is 0.370 e. The molecule has 0 heterocycles. The van der Waals surface area contributed by atoms with E-state index in [1.807, 2.05) is 31.2 Å². The van der Waals surface area contributed by atoms with Gasteiger partial charge in [0, 0.05) is 11.0 Å². The highest BCUT2D eigenvalue weighted by molar-refractivity contribution is 9.10. The van der Waals surface area contributed by atoms with E-state index in [1.165, 1.54) is 0 Å². The molecule has 1 aromatic rings. The molecular formula is C10H12BrNO2. The lowest BCUT2D eigenvalue weighted by atomic mass is 10.2. The average molecular weight is 258 g/mol. The molecule has 0 aliphatic carbocycles. The molecule has 0 saturated heterocycles. The van der Waals surface area contributed by atoms with Crippen molar-refractivity contribution in [3.05, 3.63) is 34.3 Å². The van der Waals surface area contributed by atoms with Crippen LogP contribution in [-0.4, -0.2) is 12.5 Å². The van der Waals surface area contributed by atoms with Gasteiger partial charge in [0.2, 0.25) is 0 Å². The minimum Gasteiger partial charge on any atom is -0.370 e. The summed E-state index contributed by atoms with van der Waals surface area (Å²) in [7, 11) is 0. The maximum Gasteiger partial charge on any atom is 0.329 e. The first kappa shape index (κ1) is 11.2. The fourth-order valence-corrected chi connectivity index (χ4v) is 1.41. The van der Waals surface area contributed by atoms with E-state index in [1.54, 1.807) is 0 Å². The quantitative estimate of drug-likeness (QED) is 0.840. The second kappa shape index (κ2) is 5.78. The molecule has 0 saturated carbocycles. The molecule has 0 aromatic heterocycles. The van der Waals surface area contributed by atoms with Crippen LogP contribution in [0.3, 0.4) is 0 Å². The van der Waals surface area contributed by atoms with Crippen LogP contribution in [0.5, 0.6) is 0 Å². The Morgan fingerprint density at radius 2 is 2.21 bits per heavy atom. The van der Waals surface area contributed by atoms with E-state index >= 15 is 0 Å². The summed E-state index contributed by atoms with van der Waals surface area (Å²) in [6.45, 7) is 2.48. The Kier molecular flexibility index (Phi) is 4.62. The highest BCUT2D eigenvalue weighted by atomic mass is 79.9. The summed E-state index contributed by atoms with van der Waals surface area (Å²) >= 11 is 3.36. The first-order valence-electron chi connectivity index (χ1n) is 4.40. The first-order valence-corrected chi connectivity index (χ1v) is 5.19. The third-order valence-corrected chi connectivity index (χ3v) is 2.40. The van der Waals surface area contributed by atoms with E-state index in [0.29, 0.717) is 6.54 Å². The number of hydrogen-bond donors (Lipinski definition) is 1. The highest BCUT2D eigenvalue weighted by Crippen LogP contribution is 2.16. The number of nitrogens with one attached hydrogen (secondary N) is 1. The molecule has 3 nitrogen and oxygen atoms in total. The summed E-state index contributed by atoms with van der Waals surface area (Å²) in [5, 5.41) is 0. The zero-order chi connectivity index (χ0) is 10.4. The van der Waals surface area contributed by atoms with Crippen molar-refractivity contribution in [3.63, 3.8) is 0 Å². The lowest BCUT2D eigenvalue weighted by Crippen LogP contribution is -2.20. The van der Waals surface area contributed by atoms with E-state index in [0.717, 1.165) is 10.0 Å². The van der Waals surface area contributed by atoms with Gasteiger partial charge in [-0.15, -0.1) is 0 Å². The Morgan fingerprint density at radius 3 is 2.86 bits per heavy atom. The monoisotopic (exact) mass is 257 g/mol. The third kappa shape index (κ3) is 3.47. The van der Waals surface area contributed by atoms with Crippen LogP contribution >= 0.6 is 15.9 Å². The van der Waals surface area contributed by atoms with Crippen LogP contribution in [0.1, 0.15) is 12.5 Å². The Balaban J connectivity index is 2.52. The van der Waals surface area contributed by atoms with Crippen molar-refractivity contribution >= 4 is 21.9 Å². The lowest BCUT2D eigenvalue weighted by molar-refractivity contribution is -0.150. The van der Waals surface area contributed by atoms with Gasteiger partial charge in [0.25, 0.3) is 0 Å². The first-order chi connectivity index (χ1) is 6.74. The van der Waals surface area contributed by atoms with Crippen molar-refractivity contribution < 1.29 is 9.63 Å². The van der Waals surface area contributed by atoms with Gasteiger partial charge in [-0.25, -0.2) is 0 Å². The molecule has 0 bridgehead atoms. The second-order valence-electron chi connectivity index (χ2n) is 2.74. The van der Waals surface area contributed by atoms with Gasteiger partial charge in [-0.05, 0) is 18.6 Å². The predicted octanol–water partition coefficient (Wildman–Crippen LogP) is 2.06. The summed E-state index contributed by atoms with van der Waals surface area (Å²) in [5.74, 6) is -0.279. The number of halogens is 1. The molecule has 0 aliphatic rings.